The number of hydrogen-bond acceptors (Lipinski definition) is 7. The highest BCUT2D eigenvalue weighted by Gasteiger charge is 2.25. The number of imidazole rings is 1. The molecule has 3 aromatic heterocycles. The lowest BCUT2D eigenvalue weighted by Gasteiger charge is -2.27. The lowest BCUT2D eigenvalue weighted by molar-refractivity contribution is 0.0232. The Hall–Kier alpha value is -4.81. The molecule has 0 radical (unpaired) electrons. The Labute approximate surface area is 229 Å². The predicted molar refractivity (Wildman–Crippen MR) is 142 cm³/mol. The molecule has 0 saturated heterocycles. The molecule has 0 spiro atoms. The first kappa shape index (κ1) is 28.2. The third kappa shape index (κ3) is 6.60. The van der Waals surface area contributed by atoms with Crippen molar-refractivity contribution in [3.8, 4) is 0 Å². The standard InChI is InChI=1S/C27H30FN7O5/c1-27(2,3)40-26(39)34(13-11-23-31-19-9-5-6-10-21(19)35(23)25(37)38)16-17-14-22(33(4)32-17)24(36)30-15-20-18(28)8-7-12-29-20/h5-10,12,14H,11,13,15-16H2,1-4H3,(H,30,36)(H,37,38). The monoisotopic (exact) mass is 551 g/mol. The summed E-state index contributed by atoms with van der Waals surface area (Å²) in [5.74, 6) is -0.756. The van der Waals surface area contributed by atoms with Gasteiger partial charge in [-0.3, -0.25) is 14.5 Å². The molecule has 40 heavy (non-hydrogen) atoms. The number of amides is 2. The fraction of sp³-hybridized carbons (Fsp3) is 0.333. The van der Waals surface area contributed by atoms with Gasteiger partial charge >= 0.3 is 12.2 Å². The minimum atomic E-state index is -1.18. The number of ether oxygens (including phenoxy) is 1. The summed E-state index contributed by atoms with van der Waals surface area (Å²) in [6, 6.07) is 11.1. The molecule has 3 heterocycles. The van der Waals surface area contributed by atoms with E-state index in [-0.39, 0.29) is 43.3 Å². The number of nitrogens with one attached hydrogen (secondary N) is 1. The highest BCUT2D eigenvalue weighted by atomic mass is 19.1. The second kappa shape index (κ2) is 11.5. The quantitative estimate of drug-likeness (QED) is 0.337. The molecular formula is C27H30FN7O5. The summed E-state index contributed by atoms with van der Waals surface area (Å²) < 4.78 is 21.9. The summed E-state index contributed by atoms with van der Waals surface area (Å²) in [4.78, 5) is 47.6. The molecule has 0 aliphatic carbocycles. The van der Waals surface area contributed by atoms with Gasteiger partial charge in [0.15, 0.2) is 0 Å². The van der Waals surface area contributed by atoms with Crippen LogP contribution in [0.4, 0.5) is 14.0 Å². The van der Waals surface area contributed by atoms with Crippen LogP contribution in [0.25, 0.3) is 11.0 Å². The number of carbonyl (C=O) groups is 3. The largest absolute Gasteiger partial charge is 0.464 e. The number of pyridine rings is 1. The van der Waals surface area contributed by atoms with Crippen LogP contribution in [-0.4, -0.2) is 64.6 Å². The predicted octanol–water partition coefficient (Wildman–Crippen LogP) is 3.74. The SMILES string of the molecule is Cn1nc(CN(CCc2nc3ccccc3n2C(=O)O)C(=O)OC(C)(C)C)cc1C(=O)NCc1ncccc1F. The van der Waals surface area contributed by atoms with Gasteiger partial charge in [-0.15, -0.1) is 0 Å². The average Bonchev–Trinajstić information content (AvgIpc) is 3.44. The van der Waals surface area contributed by atoms with Gasteiger partial charge in [-0.2, -0.15) is 5.10 Å². The van der Waals surface area contributed by atoms with Gasteiger partial charge in [-0.1, -0.05) is 12.1 Å². The molecule has 0 aliphatic heterocycles. The summed E-state index contributed by atoms with van der Waals surface area (Å²) >= 11 is 0. The van der Waals surface area contributed by atoms with Crippen molar-refractivity contribution < 1.29 is 28.6 Å². The second-order valence-corrected chi connectivity index (χ2v) is 10.0. The van der Waals surface area contributed by atoms with Crippen LogP contribution in [0.2, 0.25) is 0 Å². The molecule has 0 bridgehead atoms. The number of rotatable bonds is 8. The zero-order valence-electron chi connectivity index (χ0n) is 22.6. The number of para-hydroxylation sites is 2. The molecule has 4 aromatic rings. The van der Waals surface area contributed by atoms with Crippen LogP contribution < -0.4 is 5.32 Å². The van der Waals surface area contributed by atoms with E-state index in [4.69, 9.17) is 4.74 Å². The van der Waals surface area contributed by atoms with E-state index in [2.05, 4.69) is 20.4 Å². The van der Waals surface area contributed by atoms with Gasteiger partial charge in [0.05, 0.1) is 35.5 Å². The zero-order valence-corrected chi connectivity index (χ0v) is 22.6. The molecule has 4 rings (SSSR count). The lowest BCUT2D eigenvalue weighted by Crippen LogP contribution is -2.38. The molecule has 2 N–H and O–H groups in total. The summed E-state index contributed by atoms with van der Waals surface area (Å²) in [6.45, 7) is 5.16. The van der Waals surface area contributed by atoms with Crippen LogP contribution >= 0.6 is 0 Å². The third-order valence-corrected chi connectivity index (χ3v) is 5.85. The van der Waals surface area contributed by atoms with Crippen LogP contribution in [0, 0.1) is 5.82 Å². The second-order valence-electron chi connectivity index (χ2n) is 10.0. The summed E-state index contributed by atoms with van der Waals surface area (Å²) in [5.41, 5.74) is 0.882. The average molecular weight is 552 g/mol. The van der Waals surface area contributed by atoms with Gasteiger partial charge in [0, 0.05) is 26.2 Å². The minimum absolute atomic E-state index is 0.0157. The topological polar surface area (TPSA) is 144 Å². The van der Waals surface area contributed by atoms with Gasteiger partial charge in [0.1, 0.15) is 22.9 Å². The molecule has 2 amide bonds. The highest BCUT2D eigenvalue weighted by Crippen LogP contribution is 2.18. The van der Waals surface area contributed by atoms with Gasteiger partial charge in [0.2, 0.25) is 0 Å². The zero-order chi connectivity index (χ0) is 29.0. The molecule has 0 aliphatic rings. The van der Waals surface area contributed by atoms with Crippen molar-refractivity contribution in [3.63, 3.8) is 0 Å². The van der Waals surface area contributed by atoms with Crippen LogP contribution in [0.15, 0.2) is 48.7 Å². The Kier molecular flexibility index (Phi) is 8.12. The molecule has 0 fully saturated rings. The van der Waals surface area contributed by atoms with Crippen molar-refractivity contribution in [1.82, 2.24) is 34.5 Å². The van der Waals surface area contributed by atoms with Crippen LogP contribution in [0.1, 0.15) is 48.5 Å². The first-order valence-electron chi connectivity index (χ1n) is 12.5. The number of fused-ring (bicyclic) bond motifs is 1. The number of nitrogens with zero attached hydrogens (tertiary/aromatic N) is 6. The molecule has 0 unspecified atom stereocenters. The Morgan fingerprint density at radius 2 is 1.90 bits per heavy atom. The van der Waals surface area contributed by atoms with Gasteiger partial charge < -0.3 is 20.1 Å². The van der Waals surface area contributed by atoms with E-state index in [0.717, 1.165) is 4.57 Å². The van der Waals surface area contributed by atoms with E-state index in [1.807, 2.05) is 0 Å². The van der Waals surface area contributed by atoms with Crippen LogP contribution in [-0.2, 0) is 31.3 Å². The maximum absolute atomic E-state index is 13.9. The van der Waals surface area contributed by atoms with E-state index >= 15 is 0 Å². The van der Waals surface area contributed by atoms with Crippen LogP contribution in [0.5, 0.6) is 0 Å². The van der Waals surface area contributed by atoms with Crippen molar-refractivity contribution >= 4 is 29.1 Å². The number of hydrogen-bond donors (Lipinski definition) is 2. The van der Waals surface area contributed by atoms with Crippen molar-refractivity contribution in [1.29, 1.82) is 0 Å². The molecule has 1 aromatic carbocycles. The summed E-state index contributed by atoms with van der Waals surface area (Å²) in [6.07, 6.45) is -0.259. The van der Waals surface area contributed by atoms with Crippen LogP contribution in [0.3, 0.4) is 0 Å². The first-order valence-corrected chi connectivity index (χ1v) is 12.5. The number of halogens is 1. The molecule has 210 valence electrons. The minimum Gasteiger partial charge on any atom is -0.464 e. The Bertz CT molecular complexity index is 1560. The number of aromatic nitrogens is 5. The van der Waals surface area contributed by atoms with Crippen molar-refractivity contribution in [2.45, 2.75) is 45.9 Å². The maximum atomic E-state index is 13.9. The highest BCUT2D eigenvalue weighted by molar-refractivity contribution is 5.92. The summed E-state index contributed by atoms with van der Waals surface area (Å²) in [7, 11) is 1.58. The normalized spacial score (nSPS) is 11.4. The Morgan fingerprint density at radius 1 is 1.15 bits per heavy atom. The van der Waals surface area contributed by atoms with E-state index in [0.29, 0.717) is 16.7 Å². The first-order chi connectivity index (χ1) is 18.9. The molecule has 0 saturated carbocycles. The van der Waals surface area contributed by atoms with Gasteiger partial charge in [-0.25, -0.2) is 23.5 Å². The number of aryl methyl sites for hydroxylation is 1. The van der Waals surface area contributed by atoms with E-state index in [9.17, 15) is 23.9 Å². The molecular weight excluding hydrogens is 521 g/mol. The van der Waals surface area contributed by atoms with Crippen molar-refractivity contribution in [2.24, 2.45) is 7.05 Å². The van der Waals surface area contributed by atoms with Gasteiger partial charge in [0.25, 0.3) is 5.91 Å². The van der Waals surface area contributed by atoms with Crippen molar-refractivity contribution in [3.05, 3.63) is 77.4 Å². The van der Waals surface area contributed by atoms with E-state index < -0.39 is 29.5 Å². The van der Waals surface area contributed by atoms with E-state index in [1.54, 1.807) is 52.1 Å². The molecule has 12 nitrogen and oxygen atoms in total. The maximum Gasteiger partial charge on any atom is 0.417 e. The smallest absolute Gasteiger partial charge is 0.417 e. The fourth-order valence-corrected chi connectivity index (χ4v) is 4.07. The number of benzene rings is 1. The van der Waals surface area contributed by atoms with Crippen molar-refractivity contribution in [2.75, 3.05) is 6.54 Å². The number of carbonyl (C=O) groups excluding carboxylic acids is 2. The Morgan fingerprint density at radius 3 is 2.60 bits per heavy atom. The fourth-order valence-electron chi connectivity index (χ4n) is 4.07. The van der Waals surface area contributed by atoms with E-state index in [1.165, 1.54) is 34.0 Å². The molecule has 0 atom stereocenters. The third-order valence-electron chi connectivity index (χ3n) is 5.85. The Balaban J connectivity index is 1.52. The van der Waals surface area contributed by atoms with Gasteiger partial charge in [-0.05, 0) is 51.1 Å². The lowest BCUT2D eigenvalue weighted by atomic mass is 10.2. The summed E-state index contributed by atoms with van der Waals surface area (Å²) in [5, 5.41) is 16.8. The molecule has 13 heteroatoms. The number of carboxylic acid groups (broad SMARTS) is 1.